The van der Waals surface area contributed by atoms with Gasteiger partial charge in [0, 0.05) is 0 Å². The molecule has 118 valence electrons. The van der Waals surface area contributed by atoms with Crippen molar-refractivity contribution in [3.63, 3.8) is 0 Å². The quantitative estimate of drug-likeness (QED) is 0.467. The van der Waals surface area contributed by atoms with Gasteiger partial charge in [0.25, 0.3) is 0 Å². The number of nitrogens with zero attached hydrogens (tertiary/aromatic N) is 4. The molecule has 0 unspecified atom stereocenters. The van der Waals surface area contributed by atoms with Gasteiger partial charge in [0.05, 0.1) is 0 Å². The lowest BCUT2D eigenvalue weighted by Gasteiger charge is -1.99. The molecule has 0 N–H and O–H groups in total. The van der Waals surface area contributed by atoms with Gasteiger partial charge in [-0.3, -0.25) is 0 Å². The number of rotatable bonds is 4. The molecular formula is C10H16N4O6S. The Labute approximate surface area is 122 Å². The van der Waals surface area contributed by atoms with Crippen molar-refractivity contribution in [3.8, 4) is 0 Å². The highest BCUT2D eigenvalue weighted by atomic mass is 32.2. The number of aryl methyl sites for hydroxylation is 1. The maximum Gasteiger partial charge on any atom is 0.363 e. The molecule has 0 spiro atoms. The zero-order valence-corrected chi connectivity index (χ0v) is 12.8. The van der Waals surface area contributed by atoms with Gasteiger partial charge >= 0.3 is 10.1 Å². The first-order valence-corrected chi connectivity index (χ1v) is 6.87. The molecule has 0 aromatic heterocycles. The Morgan fingerprint density at radius 3 is 1.86 bits per heavy atom. The maximum absolute atomic E-state index is 11.4. The van der Waals surface area contributed by atoms with Crippen LogP contribution in [0.4, 0.5) is 0 Å². The fourth-order valence-electron chi connectivity index (χ4n) is 0.954. The van der Waals surface area contributed by atoms with Crippen molar-refractivity contribution in [2.24, 2.45) is 10.6 Å². The van der Waals surface area contributed by atoms with E-state index >= 15 is 0 Å². The monoisotopic (exact) mass is 320 g/mol. The van der Waals surface area contributed by atoms with E-state index in [0.29, 0.717) is 4.86 Å². The highest BCUT2D eigenvalue weighted by Gasteiger charge is 2.16. The highest BCUT2D eigenvalue weighted by molar-refractivity contribution is 7.86. The Kier molecular flexibility index (Phi) is 7.68. The Bertz CT molecular complexity index is 588. The molecule has 0 aliphatic carbocycles. The third-order valence-electron chi connectivity index (χ3n) is 1.75. The van der Waals surface area contributed by atoms with Gasteiger partial charge in [-0.2, -0.15) is 8.42 Å². The van der Waals surface area contributed by atoms with Gasteiger partial charge in [0.15, 0.2) is 19.4 Å². The van der Waals surface area contributed by atoms with Crippen molar-refractivity contribution in [1.82, 2.24) is 0 Å². The van der Waals surface area contributed by atoms with Gasteiger partial charge in [0.1, 0.15) is 12.0 Å². The van der Waals surface area contributed by atoms with Crippen molar-refractivity contribution in [2.75, 3.05) is 21.2 Å². The van der Waals surface area contributed by atoms with E-state index in [0.717, 1.165) is 12.6 Å². The number of hydrogen-bond acceptors (Lipinski definition) is 8. The summed E-state index contributed by atoms with van der Waals surface area (Å²) in [4.78, 5) is 4.35. The van der Waals surface area contributed by atoms with Crippen molar-refractivity contribution < 1.29 is 27.3 Å². The predicted octanol–water partition coefficient (Wildman–Crippen LogP) is 1.35. The van der Waals surface area contributed by atoms with Gasteiger partial charge in [-0.25, -0.2) is 4.28 Å². The zero-order chi connectivity index (χ0) is 16.5. The standard InChI is InChI=1S/C8H10N2O4S.C2H6N2O2/c1-7-3-5-8(6-4-7)15(12,13)14-9-10(2)11;1-4(5)3-6-2/h3-6H,1-2H3;1-2H3/b10-9-;4-3-. The van der Waals surface area contributed by atoms with Crippen LogP contribution in [-0.4, -0.2) is 39.3 Å². The van der Waals surface area contributed by atoms with Crippen molar-refractivity contribution in [1.29, 1.82) is 0 Å². The number of benzene rings is 1. The minimum atomic E-state index is -3.98. The molecule has 10 nitrogen and oxygen atoms in total. The fourth-order valence-corrected chi connectivity index (χ4v) is 1.69. The summed E-state index contributed by atoms with van der Waals surface area (Å²) in [5.74, 6) is 0. The van der Waals surface area contributed by atoms with E-state index < -0.39 is 10.1 Å². The van der Waals surface area contributed by atoms with Crippen LogP contribution in [0.2, 0.25) is 0 Å². The summed E-state index contributed by atoms with van der Waals surface area (Å²) in [6.07, 6.45) is 0. The second-order valence-corrected chi connectivity index (χ2v) is 5.14. The summed E-state index contributed by atoms with van der Waals surface area (Å²) in [5.41, 5.74) is 0.923. The fraction of sp³-hybridized carbons (Fsp3) is 0.400. The molecule has 0 atom stereocenters. The second-order valence-electron chi connectivity index (χ2n) is 3.62. The third kappa shape index (κ3) is 8.36. The molecule has 1 rings (SSSR count). The van der Waals surface area contributed by atoms with E-state index in [9.17, 15) is 18.8 Å². The first kappa shape index (κ1) is 18.6. The van der Waals surface area contributed by atoms with Gasteiger partial charge in [-0.1, -0.05) is 27.4 Å². The summed E-state index contributed by atoms with van der Waals surface area (Å²) in [6.45, 7) is 1.83. The van der Waals surface area contributed by atoms with Crippen LogP contribution in [0.25, 0.3) is 0 Å². The van der Waals surface area contributed by atoms with Crippen LogP contribution in [0.1, 0.15) is 5.56 Å². The normalized spacial score (nSPS) is 12.2. The molecule has 11 heteroatoms. The number of hydroxylamine groups is 2. The largest absolute Gasteiger partial charge is 0.598 e. The van der Waals surface area contributed by atoms with Crippen LogP contribution < -0.4 is 0 Å². The summed E-state index contributed by atoms with van der Waals surface area (Å²) < 4.78 is 26.9. The zero-order valence-electron chi connectivity index (χ0n) is 12.0. The summed E-state index contributed by atoms with van der Waals surface area (Å²) in [5, 5.41) is 25.7. The van der Waals surface area contributed by atoms with Gasteiger partial charge < -0.3 is 15.3 Å². The van der Waals surface area contributed by atoms with Gasteiger partial charge in [-0.15, -0.1) is 0 Å². The van der Waals surface area contributed by atoms with Gasteiger partial charge in [-0.05, 0) is 19.1 Å². The molecule has 0 saturated heterocycles. The smallest absolute Gasteiger partial charge is 0.363 e. The summed E-state index contributed by atoms with van der Waals surface area (Å²) in [6, 6.07) is 6.00. The van der Waals surface area contributed by atoms with Crippen molar-refractivity contribution in [3.05, 3.63) is 40.2 Å². The lowest BCUT2D eigenvalue weighted by Crippen LogP contribution is -2.04. The summed E-state index contributed by atoms with van der Waals surface area (Å²) in [7, 11) is -0.408. The van der Waals surface area contributed by atoms with E-state index in [1.54, 1.807) is 12.1 Å². The average molecular weight is 320 g/mol. The molecule has 0 bridgehead atoms. The second kappa shape index (κ2) is 8.68. The van der Waals surface area contributed by atoms with Crippen LogP contribution in [-0.2, 0) is 19.2 Å². The van der Waals surface area contributed by atoms with Crippen molar-refractivity contribution >= 4 is 10.1 Å². The lowest BCUT2D eigenvalue weighted by molar-refractivity contribution is -0.528. The molecular weight excluding hydrogens is 304 g/mol. The maximum atomic E-state index is 11.4. The van der Waals surface area contributed by atoms with Crippen LogP contribution in [0.5, 0.6) is 0 Å². The Morgan fingerprint density at radius 2 is 1.52 bits per heavy atom. The average Bonchev–Trinajstić information content (AvgIpc) is 2.37. The lowest BCUT2D eigenvalue weighted by atomic mass is 10.2. The minimum Gasteiger partial charge on any atom is -0.598 e. The molecule has 21 heavy (non-hydrogen) atoms. The molecule has 0 amide bonds. The first-order chi connectivity index (χ1) is 9.69. The SMILES string of the molecule is CO/N=[N+](/C)[O-].Cc1ccc(S(=O)(=O)O/N=[N+](/C)[O-])cc1. The van der Waals surface area contributed by atoms with Gasteiger partial charge in [0.2, 0.25) is 5.28 Å². The van der Waals surface area contributed by atoms with Crippen molar-refractivity contribution in [2.45, 2.75) is 11.8 Å². The van der Waals surface area contributed by atoms with E-state index in [2.05, 4.69) is 19.7 Å². The molecule has 0 saturated carbocycles. The van der Waals surface area contributed by atoms with E-state index in [4.69, 9.17) is 0 Å². The topological polar surface area (TPSA) is 129 Å². The van der Waals surface area contributed by atoms with E-state index in [1.807, 2.05) is 6.92 Å². The van der Waals surface area contributed by atoms with Crippen LogP contribution >= 0.6 is 0 Å². The van der Waals surface area contributed by atoms with E-state index in [-0.39, 0.29) is 9.76 Å². The minimum absolute atomic E-state index is 0.0196. The number of hydrogen-bond donors (Lipinski definition) is 0. The molecule has 1 aromatic carbocycles. The van der Waals surface area contributed by atoms with E-state index in [1.165, 1.54) is 26.3 Å². The molecule has 1 aromatic rings. The molecule has 0 radical (unpaired) electrons. The molecule has 0 heterocycles. The van der Waals surface area contributed by atoms with Crippen LogP contribution in [0, 0.1) is 17.3 Å². The first-order valence-electron chi connectivity index (χ1n) is 5.46. The van der Waals surface area contributed by atoms with Crippen LogP contribution in [0.3, 0.4) is 0 Å². The molecule has 0 aliphatic rings. The summed E-state index contributed by atoms with van der Waals surface area (Å²) >= 11 is 0. The predicted molar refractivity (Wildman–Crippen MR) is 70.4 cm³/mol. The Hall–Kier alpha value is -2.43. The Morgan fingerprint density at radius 1 is 1.05 bits per heavy atom. The third-order valence-corrected chi connectivity index (χ3v) is 2.87. The Balaban J connectivity index is 0.000000567. The van der Waals surface area contributed by atoms with Crippen LogP contribution in [0.15, 0.2) is 39.7 Å². The highest BCUT2D eigenvalue weighted by Crippen LogP contribution is 2.13. The molecule has 0 fully saturated rings. The molecule has 0 aliphatic heterocycles.